The van der Waals surface area contributed by atoms with Gasteiger partial charge in [-0.15, -0.1) is 0 Å². The van der Waals surface area contributed by atoms with Crippen LogP contribution in [-0.2, 0) is 0 Å². The molecule has 2 aromatic carbocycles. The lowest BCUT2D eigenvalue weighted by Gasteiger charge is -2.15. The zero-order chi connectivity index (χ0) is 15.6. The predicted molar refractivity (Wildman–Crippen MR) is 88.2 cm³/mol. The Morgan fingerprint density at radius 2 is 1.62 bits per heavy atom. The standard InChI is InChI=1S/C15H13Cl3N2O/c1-8(9-2-4-11(16)5-3-9)20-15(21)10-6-12(17)14(19)13(18)7-10/h2-8H,19H2,1H3,(H,20,21)/t8-/m0/s1. The molecule has 2 rings (SSSR count). The molecule has 0 fully saturated rings. The topological polar surface area (TPSA) is 55.1 Å². The third-order valence-electron chi connectivity index (χ3n) is 3.06. The van der Waals surface area contributed by atoms with E-state index in [4.69, 9.17) is 40.5 Å². The third kappa shape index (κ3) is 3.82. The highest BCUT2D eigenvalue weighted by molar-refractivity contribution is 6.39. The van der Waals surface area contributed by atoms with Crippen molar-refractivity contribution in [3.05, 3.63) is 62.6 Å². The number of carbonyl (C=O) groups is 1. The minimum Gasteiger partial charge on any atom is -0.396 e. The lowest BCUT2D eigenvalue weighted by molar-refractivity contribution is 0.0940. The summed E-state index contributed by atoms with van der Waals surface area (Å²) in [6.45, 7) is 1.88. The van der Waals surface area contributed by atoms with Gasteiger partial charge in [0.15, 0.2) is 0 Å². The van der Waals surface area contributed by atoms with Gasteiger partial charge < -0.3 is 11.1 Å². The molecule has 0 spiro atoms. The Hall–Kier alpha value is -1.42. The minimum absolute atomic E-state index is 0.176. The Balaban J connectivity index is 2.16. The summed E-state index contributed by atoms with van der Waals surface area (Å²) in [4.78, 5) is 12.2. The predicted octanol–water partition coefficient (Wildman–Crippen LogP) is 4.72. The molecule has 0 aliphatic carbocycles. The number of hydrogen-bond acceptors (Lipinski definition) is 2. The first-order chi connectivity index (χ1) is 9.88. The minimum atomic E-state index is -0.277. The maximum atomic E-state index is 12.2. The zero-order valence-corrected chi connectivity index (χ0v) is 13.4. The molecule has 0 saturated carbocycles. The highest BCUT2D eigenvalue weighted by Gasteiger charge is 2.14. The van der Waals surface area contributed by atoms with Crippen molar-refractivity contribution in [1.82, 2.24) is 5.32 Å². The van der Waals surface area contributed by atoms with Gasteiger partial charge in [-0.1, -0.05) is 46.9 Å². The summed E-state index contributed by atoms with van der Waals surface area (Å²) >= 11 is 17.7. The second-order valence-electron chi connectivity index (χ2n) is 4.60. The highest BCUT2D eigenvalue weighted by atomic mass is 35.5. The number of anilines is 1. The van der Waals surface area contributed by atoms with E-state index in [1.807, 2.05) is 19.1 Å². The van der Waals surface area contributed by atoms with Gasteiger partial charge in [-0.3, -0.25) is 4.79 Å². The van der Waals surface area contributed by atoms with Crippen LogP contribution >= 0.6 is 34.8 Å². The van der Waals surface area contributed by atoms with E-state index in [2.05, 4.69) is 5.32 Å². The first-order valence-electron chi connectivity index (χ1n) is 6.19. The van der Waals surface area contributed by atoms with Crippen LogP contribution in [0.4, 0.5) is 5.69 Å². The quantitative estimate of drug-likeness (QED) is 0.792. The van der Waals surface area contributed by atoms with Gasteiger partial charge in [0.05, 0.1) is 21.8 Å². The SMILES string of the molecule is C[C@H](NC(=O)c1cc(Cl)c(N)c(Cl)c1)c1ccc(Cl)cc1. The summed E-state index contributed by atoms with van der Waals surface area (Å²) in [5, 5.41) is 4.03. The van der Waals surface area contributed by atoms with Crippen LogP contribution in [0, 0.1) is 0 Å². The summed E-state index contributed by atoms with van der Waals surface area (Å²) in [6.07, 6.45) is 0. The maximum Gasteiger partial charge on any atom is 0.251 e. The summed E-state index contributed by atoms with van der Waals surface area (Å²) in [6, 6.07) is 10.1. The molecule has 0 saturated heterocycles. The van der Waals surface area contributed by atoms with E-state index in [0.717, 1.165) is 5.56 Å². The van der Waals surface area contributed by atoms with Crippen molar-refractivity contribution in [2.24, 2.45) is 0 Å². The van der Waals surface area contributed by atoms with E-state index in [9.17, 15) is 4.79 Å². The summed E-state index contributed by atoms with van der Waals surface area (Å²) in [5.74, 6) is -0.277. The Bertz CT molecular complexity index is 648. The number of carbonyl (C=O) groups excluding carboxylic acids is 1. The molecule has 2 aromatic rings. The number of nitrogens with two attached hydrogens (primary N) is 1. The smallest absolute Gasteiger partial charge is 0.251 e. The van der Waals surface area contributed by atoms with Crippen molar-refractivity contribution in [2.75, 3.05) is 5.73 Å². The Morgan fingerprint density at radius 1 is 1.10 bits per heavy atom. The molecule has 3 N–H and O–H groups in total. The van der Waals surface area contributed by atoms with Gasteiger partial charge in [0.2, 0.25) is 0 Å². The van der Waals surface area contributed by atoms with Crippen LogP contribution in [0.2, 0.25) is 15.1 Å². The van der Waals surface area contributed by atoms with E-state index in [1.165, 1.54) is 12.1 Å². The lowest BCUT2D eigenvalue weighted by Crippen LogP contribution is -2.26. The second kappa shape index (κ2) is 6.56. The summed E-state index contributed by atoms with van der Waals surface area (Å²) in [7, 11) is 0. The first kappa shape index (κ1) is 16.0. The van der Waals surface area contributed by atoms with Gasteiger partial charge in [-0.05, 0) is 36.8 Å². The molecule has 0 radical (unpaired) electrons. The van der Waals surface area contributed by atoms with Crippen LogP contribution in [0.15, 0.2) is 36.4 Å². The molecule has 110 valence electrons. The molecule has 0 heterocycles. The molecular weight excluding hydrogens is 331 g/mol. The molecule has 1 atom stereocenters. The number of nitrogen functional groups attached to an aromatic ring is 1. The third-order valence-corrected chi connectivity index (χ3v) is 3.94. The fourth-order valence-corrected chi connectivity index (χ4v) is 2.44. The molecular formula is C15H13Cl3N2O. The van der Waals surface area contributed by atoms with E-state index in [0.29, 0.717) is 10.6 Å². The number of hydrogen-bond donors (Lipinski definition) is 2. The van der Waals surface area contributed by atoms with Crippen molar-refractivity contribution < 1.29 is 4.79 Å². The van der Waals surface area contributed by atoms with Crippen LogP contribution in [-0.4, -0.2) is 5.91 Å². The zero-order valence-electron chi connectivity index (χ0n) is 11.2. The fourth-order valence-electron chi connectivity index (χ4n) is 1.83. The largest absolute Gasteiger partial charge is 0.396 e. The van der Waals surface area contributed by atoms with Crippen molar-refractivity contribution in [1.29, 1.82) is 0 Å². The number of amides is 1. The second-order valence-corrected chi connectivity index (χ2v) is 5.85. The molecule has 6 heteroatoms. The Kier molecular flexibility index (Phi) is 4.99. The van der Waals surface area contributed by atoms with Crippen molar-refractivity contribution in [2.45, 2.75) is 13.0 Å². The van der Waals surface area contributed by atoms with Gasteiger partial charge in [-0.2, -0.15) is 0 Å². The molecule has 0 aromatic heterocycles. The van der Waals surface area contributed by atoms with Crippen molar-refractivity contribution >= 4 is 46.4 Å². The van der Waals surface area contributed by atoms with Crippen LogP contribution in [0.3, 0.4) is 0 Å². The van der Waals surface area contributed by atoms with Crippen LogP contribution in [0.1, 0.15) is 28.9 Å². The monoisotopic (exact) mass is 342 g/mol. The average Bonchev–Trinajstić information content (AvgIpc) is 2.44. The fraction of sp³-hybridized carbons (Fsp3) is 0.133. The lowest BCUT2D eigenvalue weighted by atomic mass is 10.1. The van der Waals surface area contributed by atoms with Gasteiger partial charge >= 0.3 is 0 Å². The van der Waals surface area contributed by atoms with Crippen molar-refractivity contribution in [3.63, 3.8) is 0 Å². The Labute approximate surface area is 138 Å². The molecule has 1 amide bonds. The molecule has 3 nitrogen and oxygen atoms in total. The van der Waals surface area contributed by atoms with Gasteiger partial charge in [0, 0.05) is 10.6 Å². The number of rotatable bonds is 3. The van der Waals surface area contributed by atoms with Crippen LogP contribution in [0.25, 0.3) is 0 Å². The Morgan fingerprint density at radius 3 is 2.14 bits per heavy atom. The molecule has 0 aliphatic rings. The van der Waals surface area contributed by atoms with Gasteiger partial charge in [0.1, 0.15) is 0 Å². The van der Waals surface area contributed by atoms with Crippen LogP contribution in [0.5, 0.6) is 0 Å². The van der Waals surface area contributed by atoms with Gasteiger partial charge in [0.25, 0.3) is 5.91 Å². The number of nitrogens with one attached hydrogen (secondary N) is 1. The molecule has 0 bridgehead atoms. The summed E-state index contributed by atoms with van der Waals surface area (Å²) < 4.78 is 0. The number of benzene rings is 2. The highest BCUT2D eigenvalue weighted by Crippen LogP contribution is 2.29. The van der Waals surface area contributed by atoms with E-state index in [-0.39, 0.29) is 27.7 Å². The van der Waals surface area contributed by atoms with E-state index in [1.54, 1.807) is 12.1 Å². The first-order valence-corrected chi connectivity index (χ1v) is 7.32. The summed E-state index contributed by atoms with van der Waals surface area (Å²) in [5.41, 5.74) is 7.22. The van der Waals surface area contributed by atoms with E-state index >= 15 is 0 Å². The number of halogens is 3. The molecule has 21 heavy (non-hydrogen) atoms. The molecule has 0 unspecified atom stereocenters. The maximum absolute atomic E-state index is 12.2. The molecule has 0 aliphatic heterocycles. The van der Waals surface area contributed by atoms with Crippen molar-refractivity contribution in [3.8, 4) is 0 Å². The normalized spacial score (nSPS) is 12.0. The van der Waals surface area contributed by atoms with Gasteiger partial charge in [-0.25, -0.2) is 0 Å². The van der Waals surface area contributed by atoms with Crippen LogP contribution < -0.4 is 11.1 Å². The van der Waals surface area contributed by atoms with E-state index < -0.39 is 0 Å². The average molecular weight is 344 g/mol.